The van der Waals surface area contributed by atoms with Crippen molar-refractivity contribution in [3.05, 3.63) is 107 Å². The molecule has 3 aromatic carbocycles. The standard InChI is InChI=1S/C29H26FNO4/c1-18(23-9-5-6-10-25(23)35-2)27(32)31-17-29(28(33)34)16-21-8-4-3-7-20(21)15-24(29)26(31)19-11-13-22(30)14-12-19/h3-14,24,26H,1,15-17H2,2H3,(H,33,34). The molecule has 0 aromatic heterocycles. The summed E-state index contributed by atoms with van der Waals surface area (Å²) in [6, 6.07) is 20.4. The van der Waals surface area contributed by atoms with Gasteiger partial charge in [0.15, 0.2) is 0 Å². The number of hydrogen-bond acceptors (Lipinski definition) is 3. The highest BCUT2D eigenvalue weighted by Gasteiger charge is 2.60. The molecule has 3 unspecified atom stereocenters. The van der Waals surface area contributed by atoms with Crippen molar-refractivity contribution in [2.75, 3.05) is 13.7 Å². The highest BCUT2D eigenvalue weighted by molar-refractivity contribution is 6.19. The Morgan fingerprint density at radius 1 is 1.03 bits per heavy atom. The fourth-order valence-electron chi connectivity index (χ4n) is 5.79. The molecule has 1 heterocycles. The van der Waals surface area contributed by atoms with Gasteiger partial charge in [0.2, 0.25) is 0 Å². The molecule has 1 N–H and O–H groups in total. The van der Waals surface area contributed by atoms with Crippen LogP contribution >= 0.6 is 0 Å². The average Bonchev–Trinajstić information content (AvgIpc) is 3.22. The maximum Gasteiger partial charge on any atom is 0.312 e. The molecule has 1 saturated heterocycles. The van der Waals surface area contributed by atoms with E-state index in [2.05, 4.69) is 6.58 Å². The molecule has 1 fully saturated rings. The lowest BCUT2D eigenvalue weighted by atomic mass is 9.63. The fraction of sp³-hybridized carbons (Fsp3) is 0.241. The quantitative estimate of drug-likeness (QED) is 0.537. The first kappa shape index (κ1) is 22.8. The van der Waals surface area contributed by atoms with E-state index < -0.39 is 17.4 Å². The molecule has 6 heteroatoms. The number of aliphatic carboxylic acids is 1. The smallest absolute Gasteiger partial charge is 0.312 e. The molecule has 1 aliphatic carbocycles. The number of amides is 1. The first-order valence-electron chi connectivity index (χ1n) is 11.5. The number of halogens is 1. The molecule has 178 valence electrons. The number of para-hydroxylation sites is 1. The molecule has 1 amide bonds. The number of methoxy groups -OCH3 is 1. The van der Waals surface area contributed by atoms with Gasteiger partial charge in [-0.2, -0.15) is 0 Å². The number of carbonyl (C=O) groups is 2. The second-order valence-electron chi connectivity index (χ2n) is 9.33. The van der Waals surface area contributed by atoms with Crippen LogP contribution in [-0.2, 0) is 22.4 Å². The maximum absolute atomic E-state index is 13.9. The van der Waals surface area contributed by atoms with Crippen molar-refractivity contribution in [2.24, 2.45) is 11.3 Å². The third-order valence-corrected chi connectivity index (χ3v) is 7.53. The minimum atomic E-state index is -1.16. The highest BCUT2D eigenvalue weighted by atomic mass is 19.1. The topological polar surface area (TPSA) is 66.8 Å². The van der Waals surface area contributed by atoms with Crippen molar-refractivity contribution in [3.63, 3.8) is 0 Å². The first-order valence-corrected chi connectivity index (χ1v) is 11.5. The van der Waals surface area contributed by atoms with Crippen molar-refractivity contribution in [3.8, 4) is 5.75 Å². The van der Waals surface area contributed by atoms with Gasteiger partial charge in [-0.25, -0.2) is 4.39 Å². The van der Waals surface area contributed by atoms with Gasteiger partial charge in [0, 0.05) is 23.6 Å². The van der Waals surface area contributed by atoms with Gasteiger partial charge >= 0.3 is 5.97 Å². The molecule has 35 heavy (non-hydrogen) atoms. The van der Waals surface area contributed by atoms with Crippen molar-refractivity contribution >= 4 is 17.4 Å². The van der Waals surface area contributed by atoms with E-state index in [1.165, 1.54) is 19.2 Å². The van der Waals surface area contributed by atoms with Crippen LogP contribution in [0, 0.1) is 17.2 Å². The Balaban J connectivity index is 1.62. The van der Waals surface area contributed by atoms with Gasteiger partial charge in [0.25, 0.3) is 5.91 Å². The first-order chi connectivity index (χ1) is 16.9. The zero-order chi connectivity index (χ0) is 24.7. The number of rotatable bonds is 5. The van der Waals surface area contributed by atoms with Gasteiger partial charge in [-0.1, -0.05) is 61.2 Å². The van der Waals surface area contributed by atoms with E-state index in [1.807, 2.05) is 30.3 Å². The largest absolute Gasteiger partial charge is 0.496 e. The van der Waals surface area contributed by atoms with Crippen LogP contribution in [0.2, 0.25) is 0 Å². The predicted octanol–water partition coefficient (Wildman–Crippen LogP) is 4.92. The van der Waals surface area contributed by atoms with Crippen LogP contribution in [0.3, 0.4) is 0 Å². The highest BCUT2D eigenvalue weighted by Crippen LogP contribution is 2.55. The van der Waals surface area contributed by atoms with E-state index in [4.69, 9.17) is 4.74 Å². The summed E-state index contributed by atoms with van der Waals surface area (Å²) in [5.41, 5.74) is 2.40. The normalized spacial score (nSPS) is 22.7. The van der Waals surface area contributed by atoms with Gasteiger partial charge in [0.1, 0.15) is 11.6 Å². The van der Waals surface area contributed by atoms with Crippen LogP contribution in [-0.4, -0.2) is 35.5 Å². The number of hydrogen-bond donors (Lipinski definition) is 1. The van der Waals surface area contributed by atoms with Crippen LogP contribution in [0.15, 0.2) is 79.4 Å². The monoisotopic (exact) mass is 471 g/mol. The SMILES string of the molecule is C=C(C(=O)N1CC2(C(=O)O)Cc3ccccc3CC2C1c1ccc(F)cc1)c1ccccc1OC. The predicted molar refractivity (Wildman–Crippen MR) is 130 cm³/mol. The summed E-state index contributed by atoms with van der Waals surface area (Å²) < 4.78 is 19.2. The molecule has 0 spiro atoms. The zero-order valence-corrected chi connectivity index (χ0v) is 19.4. The Labute approximate surface area is 203 Å². The minimum absolute atomic E-state index is 0.0381. The molecule has 5 nitrogen and oxygen atoms in total. The van der Waals surface area contributed by atoms with Crippen LogP contribution in [0.5, 0.6) is 5.75 Å². The zero-order valence-electron chi connectivity index (χ0n) is 19.4. The third kappa shape index (κ3) is 3.70. The van der Waals surface area contributed by atoms with Crippen molar-refractivity contribution in [1.29, 1.82) is 0 Å². The van der Waals surface area contributed by atoms with E-state index in [0.29, 0.717) is 29.7 Å². The summed E-state index contributed by atoms with van der Waals surface area (Å²) in [6.45, 7) is 4.10. The lowest BCUT2D eigenvalue weighted by Crippen LogP contribution is -2.45. The van der Waals surface area contributed by atoms with Gasteiger partial charge < -0.3 is 14.7 Å². The minimum Gasteiger partial charge on any atom is -0.496 e. The van der Waals surface area contributed by atoms with Crippen LogP contribution in [0.4, 0.5) is 4.39 Å². The Kier molecular flexibility index (Phi) is 5.67. The maximum atomic E-state index is 13.9. The van der Waals surface area contributed by atoms with Crippen LogP contribution in [0.25, 0.3) is 5.57 Å². The Morgan fingerprint density at radius 3 is 2.37 bits per heavy atom. The molecule has 0 bridgehead atoms. The van der Waals surface area contributed by atoms with Crippen LogP contribution < -0.4 is 4.74 Å². The summed E-state index contributed by atoms with van der Waals surface area (Å²) in [5, 5.41) is 10.5. The van der Waals surface area contributed by atoms with Crippen molar-refractivity contribution in [2.45, 2.75) is 18.9 Å². The van der Waals surface area contributed by atoms with Crippen LogP contribution in [0.1, 0.15) is 28.3 Å². The third-order valence-electron chi connectivity index (χ3n) is 7.53. The lowest BCUT2D eigenvalue weighted by molar-refractivity contribution is -0.151. The molecule has 2 aliphatic rings. The Morgan fingerprint density at radius 2 is 1.69 bits per heavy atom. The number of ether oxygens (including phenoxy) is 1. The van der Waals surface area contributed by atoms with E-state index in [-0.39, 0.29) is 29.8 Å². The van der Waals surface area contributed by atoms with E-state index >= 15 is 0 Å². The summed E-state index contributed by atoms with van der Waals surface area (Å²) in [7, 11) is 1.53. The Hall–Kier alpha value is -3.93. The van der Waals surface area contributed by atoms with E-state index in [1.54, 1.807) is 35.2 Å². The molecular formula is C29H26FNO4. The van der Waals surface area contributed by atoms with Crippen molar-refractivity contribution in [1.82, 2.24) is 4.90 Å². The summed E-state index contributed by atoms with van der Waals surface area (Å²) in [4.78, 5) is 28.4. The summed E-state index contributed by atoms with van der Waals surface area (Å²) in [6.07, 6.45) is 0.835. The molecular weight excluding hydrogens is 445 g/mol. The number of likely N-dealkylation sites (tertiary alicyclic amines) is 1. The molecule has 0 saturated carbocycles. The summed E-state index contributed by atoms with van der Waals surface area (Å²) in [5.74, 6) is -1.54. The molecule has 5 rings (SSSR count). The Bertz CT molecular complexity index is 1320. The molecule has 1 aliphatic heterocycles. The second kappa shape index (κ2) is 8.69. The molecule has 3 atom stereocenters. The average molecular weight is 472 g/mol. The molecule has 3 aromatic rings. The van der Waals surface area contributed by atoms with Gasteiger partial charge in [-0.05, 0) is 47.7 Å². The van der Waals surface area contributed by atoms with Gasteiger partial charge in [-0.15, -0.1) is 0 Å². The van der Waals surface area contributed by atoms with E-state index in [9.17, 15) is 19.1 Å². The summed E-state index contributed by atoms with van der Waals surface area (Å²) >= 11 is 0. The number of benzene rings is 3. The number of carbonyl (C=O) groups excluding carboxylic acids is 1. The number of carboxylic acids is 1. The van der Waals surface area contributed by atoms with Gasteiger partial charge in [0.05, 0.1) is 18.6 Å². The number of nitrogens with zero attached hydrogens (tertiary/aromatic N) is 1. The lowest BCUT2D eigenvalue weighted by Gasteiger charge is -2.37. The number of fused-ring (bicyclic) bond motifs is 2. The second-order valence-corrected chi connectivity index (χ2v) is 9.33. The molecule has 0 radical (unpaired) electrons. The van der Waals surface area contributed by atoms with Crippen molar-refractivity contribution < 1.29 is 23.8 Å². The number of carboxylic acid groups (broad SMARTS) is 1. The van der Waals surface area contributed by atoms with E-state index in [0.717, 1.165) is 11.1 Å². The fourth-order valence-corrected chi connectivity index (χ4v) is 5.79. The van der Waals surface area contributed by atoms with Gasteiger partial charge in [-0.3, -0.25) is 9.59 Å².